The zero-order valence-corrected chi connectivity index (χ0v) is 13.1. The molecule has 0 unspecified atom stereocenters. The summed E-state index contributed by atoms with van der Waals surface area (Å²) in [6, 6.07) is 12.5. The highest BCUT2D eigenvalue weighted by Crippen LogP contribution is 2.17. The zero-order chi connectivity index (χ0) is 15.0. The number of nitrogens with zero attached hydrogens (tertiary/aromatic N) is 1. The maximum atomic E-state index is 12.6. The van der Waals surface area contributed by atoms with E-state index < -0.39 is 0 Å². The molecule has 106 valence electrons. The van der Waals surface area contributed by atoms with E-state index in [0.29, 0.717) is 32.3 Å². The van der Waals surface area contributed by atoms with Crippen LogP contribution in [0.2, 0.25) is 10.0 Å². The highest BCUT2D eigenvalue weighted by Gasteiger charge is 2.08. The van der Waals surface area contributed by atoms with Gasteiger partial charge in [-0.15, -0.1) is 0 Å². The van der Waals surface area contributed by atoms with Crippen molar-refractivity contribution < 1.29 is 0 Å². The summed E-state index contributed by atoms with van der Waals surface area (Å²) in [7, 11) is 0. The lowest BCUT2D eigenvalue weighted by atomic mass is 10.2. The molecule has 0 bridgehead atoms. The SMILES string of the molecule is O=c1c2cc(Cl)ccc2[nH]c(=S)n1Cc1ccccc1Cl. The Morgan fingerprint density at radius 1 is 1.14 bits per heavy atom. The second-order valence-electron chi connectivity index (χ2n) is 4.60. The summed E-state index contributed by atoms with van der Waals surface area (Å²) >= 11 is 17.4. The number of aromatic amines is 1. The van der Waals surface area contributed by atoms with Gasteiger partial charge in [-0.25, -0.2) is 0 Å². The van der Waals surface area contributed by atoms with Gasteiger partial charge in [0.1, 0.15) is 0 Å². The molecule has 2 aromatic carbocycles. The predicted molar refractivity (Wildman–Crippen MR) is 89.0 cm³/mol. The smallest absolute Gasteiger partial charge is 0.262 e. The van der Waals surface area contributed by atoms with E-state index >= 15 is 0 Å². The molecule has 3 nitrogen and oxygen atoms in total. The number of benzene rings is 2. The van der Waals surface area contributed by atoms with E-state index in [1.54, 1.807) is 24.3 Å². The zero-order valence-electron chi connectivity index (χ0n) is 10.8. The summed E-state index contributed by atoms with van der Waals surface area (Å²) in [6.45, 7) is 0.316. The molecule has 0 amide bonds. The maximum Gasteiger partial charge on any atom is 0.262 e. The molecule has 0 radical (unpaired) electrons. The van der Waals surface area contributed by atoms with Crippen LogP contribution in [-0.2, 0) is 6.54 Å². The van der Waals surface area contributed by atoms with Crippen LogP contribution in [0.5, 0.6) is 0 Å². The molecule has 1 N–H and O–H groups in total. The Hall–Kier alpha value is -1.62. The molecule has 1 aromatic heterocycles. The Kier molecular flexibility index (Phi) is 3.85. The quantitative estimate of drug-likeness (QED) is 0.703. The molecule has 0 fully saturated rings. The summed E-state index contributed by atoms with van der Waals surface area (Å²) in [5.74, 6) is 0. The number of fused-ring (bicyclic) bond motifs is 1. The van der Waals surface area contributed by atoms with Crippen molar-refractivity contribution >= 4 is 46.3 Å². The van der Waals surface area contributed by atoms with Crippen molar-refractivity contribution in [3.05, 3.63) is 73.2 Å². The summed E-state index contributed by atoms with van der Waals surface area (Å²) in [5.41, 5.74) is 1.32. The van der Waals surface area contributed by atoms with E-state index in [-0.39, 0.29) is 5.56 Å². The number of rotatable bonds is 2. The van der Waals surface area contributed by atoms with Gasteiger partial charge in [0.25, 0.3) is 5.56 Å². The molecule has 0 saturated carbocycles. The Labute approximate surface area is 135 Å². The summed E-state index contributed by atoms with van der Waals surface area (Å²) in [6.07, 6.45) is 0. The van der Waals surface area contributed by atoms with Crippen LogP contribution in [0.4, 0.5) is 0 Å². The molecule has 0 aliphatic rings. The topological polar surface area (TPSA) is 37.8 Å². The minimum atomic E-state index is -0.184. The minimum Gasteiger partial charge on any atom is -0.332 e. The molecule has 3 aromatic rings. The van der Waals surface area contributed by atoms with E-state index in [1.165, 1.54) is 4.57 Å². The third kappa shape index (κ3) is 2.75. The van der Waals surface area contributed by atoms with Gasteiger partial charge in [-0.2, -0.15) is 0 Å². The lowest BCUT2D eigenvalue weighted by Crippen LogP contribution is -2.22. The first-order valence-electron chi connectivity index (χ1n) is 6.22. The first-order chi connectivity index (χ1) is 10.1. The van der Waals surface area contributed by atoms with E-state index in [1.807, 2.05) is 18.2 Å². The van der Waals surface area contributed by atoms with Crippen molar-refractivity contribution in [3.8, 4) is 0 Å². The molecule has 0 aliphatic carbocycles. The van der Waals surface area contributed by atoms with Gasteiger partial charge < -0.3 is 4.98 Å². The number of nitrogens with one attached hydrogen (secondary N) is 1. The van der Waals surface area contributed by atoms with Gasteiger partial charge in [-0.3, -0.25) is 9.36 Å². The van der Waals surface area contributed by atoms with Gasteiger partial charge in [0.2, 0.25) is 0 Å². The van der Waals surface area contributed by atoms with Crippen molar-refractivity contribution in [2.45, 2.75) is 6.54 Å². The fourth-order valence-electron chi connectivity index (χ4n) is 2.16. The normalized spacial score (nSPS) is 11.0. The van der Waals surface area contributed by atoms with Crippen LogP contribution in [0, 0.1) is 4.77 Å². The lowest BCUT2D eigenvalue weighted by Gasteiger charge is -2.09. The monoisotopic (exact) mass is 336 g/mol. The number of H-pyrrole nitrogens is 1. The predicted octanol–water partition coefficient (Wildman–Crippen LogP) is 4.41. The highest BCUT2D eigenvalue weighted by molar-refractivity contribution is 7.71. The van der Waals surface area contributed by atoms with E-state index in [4.69, 9.17) is 35.4 Å². The fraction of sp³-hybridized carbons (Fsp3) is 0.0667. The van der Waals surface area contributed by atoms with Crippen LogP contribution in [0.25, 0.3) is 10.9 Å². The molecule has 0 saturated heterocycles. The summed E-state index contributed by atoms with van der Waals surface area (Å²) in [4.78, 5) is 15.6. The Morgan fingerprint density at radius 3 is 2.67 bits per heavy atom. The number of halogens is 2. The first-order valence-corrected chi connectivity index (χ1v) is 7.38. The largest absolute Gasteiger partial charge is 0.332 e. The van der Waals surface area contributed by atoms with Crippen molar-refractivity contribution in [3.63, 3.8) is 0 Å². The van der Waals surface area contributed by atoms with Crippen molar-refractivity contribution in [2.24, 2.45) is 0 Å². The van der Waals surface area contributed by atoms with Gasteiger partial charge in [0.05, 0.1) is 17.4 Å². The first kappa shape index (κ1) is 14.3. The molecule has 0 atom stereocenters. The van der Waals surface area contributed by atoms with E-state index in [0.717, 1.165) is 5.56 Å². The van der Waals surface area contributed by atoms with Crippen LogP contribution in [0.15, 0.2) is 47.3 Å². The molecular formula is C15H10Cl2N2OS. The number of aromatic nitrogens is 2. The average molecular weight is 337 g/mol. The molecular weight excluding hydrogens is 327 g/mol. The molecule has 3 rings (SSSR count). The fourth-order valence-corrected chi connectivity index (χ4v) is 2.79. The van der Waals surface area contributed by atoms with Crippen molar-refractivity contribution in [1.82, 2.24) is 9.55 Å². The molecule has 6 heteroatoms. The second kappa shape index (κ2) is 5.64. The van der Waals surface area contributed by atoms with Gasteiger partial charge in [-0.05, 0) is 42.0 Å². The third-order valence-electron chi connectivity index (χ3n) is 3.23. The van der Waals surface area contributed by atoms with Crippen LogP contribution >= 0.6 is 35.4 Å². The molecule has 0 spiro atoms. The summed E-state index contributed by atoms with van der Waals surface area (Å²) in [5, 5.41) is 1.61. The molecule has 21 heavy (non-hydrogen) atoms. The van der Waals surface area contributed by atoms with Crippen LogP contribution in [0.1, 0.15) is 5.56 Å². The maximum absolute atomic E-state index is 12.6. The Balaban J connectivity index is 2.21. The second-order valence-corrected chi connectivity index (χ2v) is 5.83. The van der Waals surface area contributed by atoms with Gasteiger partial charge in [0, 0.05) is 10.0 Å². The van der Waals surface area contributed by atoms with Crippen molar-refractivity contribution in [2.75, 3.05) is 0 Å². The van der Waals surface area contributed by atoms with Crippen LogP contribution in [0.3, 0.4) is 0 Å². The van der Waals surface area contributed by atoms with Gasteiger partial charge >= 0.3 is 0 Å². The standard InChI is InChI=1S/C15H10Cl2N2OS/c16-10-5-6-13-11(7-10)14(20)19(15(21)18-13)8-9-3-1-2-4-12(9)17/h1-7H,8H2,(H,18,21). The average Bonchev–Trinajstić information content (AvgIpc) is 2.46. The van der Waals surface area contributed by atoms with Crippen molar-refractivity contribution in [1.29, 1.82) is 0 Å². The van der Waals surface area contributed by atoms with Crippen LogP contribution in [-0.4, -0.2) is 9.55 Å². The molecule has 0 aliphatic heterocycles. The number of hydrogen-bond donors (Lipinski definition) is 1. The highest BCUT2D eigenvalue weighted by atomic mass is 35.5. The van der Waals surface area contributed by atoms with E-state index in [9.17, 15) is 4.79 Å². The third-order valence-corrected chi connectivity index (χ3v) is 4.16. The Morgan fingerprint density at radius 2 is 1.90 bits per heavy atom. The lowest BCUT2D eigenvalue weighted by molar-refractivity contribution is 0.734. The van der Waals surface area contributed by atoms with Gasteiger partial charge in [0.15, 0.2) is 4.77 Å². The summed E-state index contributed by atoms with van der Waals surface area (Å²) < 4.78 is 1.84. The van der Waals surface area contributed by atoms with Crippen LogP contribution < -0.4 is 5.56 Å². The van der Waals surface area contributed by atoms with Gasteiger partial charge in [-0.1, -0.05) is 41.4 Å². The number of hydrogen-bond acceptors (Lipinski definition) is 2. The Bertz CT molecular complexity index is 946. The van der Waals surface area contributed by atoms with E-state index in [2.05, 4.69) is 4.98 Å². The minimum absolute atomic E-state index is 0.184. The molecule has 1 heterocycles.